The van der Waals surface area contributed by atoms with Gasteiger partial charge in [-0.2, -0.15) is 0 Å². The number of aryl methyl sites for hydroxylation is 1. The van der Waals surface area contributed by atoms with Gasteiger partial charge in [0.2, 0.25) is 0 Å². The molecule has 1 aliphatic rings. The van der Waals surface area contributed by atoms with E-state index in [1.807, 2.05) is 74.6 Å². The van der Waals surface area contributed by atoms with Gasteiger partial charge >= 0.3 is 0 Å². The molecule has 4 aromatic rings. The number of aromatic nitrogens is 1. The summed E-state index contributed by atoms with van der Waals surface area (Å²) < 4.78 is 8.14. The average Bonchev–Trinajstić information content (AvgIpc) is 3.27. The average molecular weight is 443 g/mol. The number of carbonyl (C=O) groups excluding carboxylic acids is 1. The van der Waals surface area contributed by atoms with E-state index in [1.54, 1.807) is 4.90 Å². The predicted octanol–water partition coefficient (Wildman–Crippen LogP) is 6.20. The van der Waals surface area contributed by atoms with Crippen molar-refractivity contribution in [3.8, 4) is 5.75 Å². The lowest BCUT2D eigenvalue weighted by Gasteiger charge is -2.09. The molecule has 1 aromatic heterocycles. The third kappa shape index (κ3) is 3.57. The van der Waals surface area contributed by atoms with Crippen molar-refractivity contribution < 1.29 is 9.53 Å². The van der Waals surface area contributed by atoms with Crippen LogP contribution in [0.1, 0.15) is 16.7 Å². The Balaban J connectivity index is 1.45. The largest absolute Gasteiger partial charge is 0.492 e. The number of ether oxygens (including phenoxy) is 1. The van der Waals surface area contributed by atoms with Crippen molar-refractivity contribution >= 4 is 45.7 Å². The fraction of sp³-hybridized carbons (Fsp3) is 0.148. The second kappa shape index (κ2) is 8.21. The van der Waals surface area contributed by atoms with Crippen molar-refractivity contribution in [2.24, 2.45) is 0 Å². The number of anilines is 1. The van der Waals surface area contributed by atoms with Gasteiger partial charge in [-0.15, -0.1) is 0 Å². The molecule has 0 atom stereocenters. The van der Waals surface area contributed by atoms with Gasteiger partial charge in [0.05, 0.1) is 12.2 Å². The van der Waals surface area contributed by atoms with E-state index in [9.17, 15) is 4.79 Å². The summed E-state index contributed by atoms with van der Waals surface area (Å²) >= 11 is 6.11. The second-order valence-corrected chi connectivity index (χ2v) is 8.40. The number of benzene rings is 3. The van der Waals surface area contributed by atoms with Crippen LogP contribution in [0.2, 0.25) is 5.02 Å². The Kier molecular flexibility index (Phi) is 5.24. The number of likely N-dealkylation sites (N-methyl/N-ethyl adjacent to an activating group) is 1. The molecule has 3 aromatic carbocycles. The number of rotatable bonds is 5. The molecule has 1 aliphatic heterocycles. The van der Waals surface area contributed by atoms with Gasteiger partial charge in [-0.1, -0.05) is 48.0 Å². The maximum Gasteiger partial charge on any atom is 0.258 e. The lowest BCUT2D eigenvalue weighted by molar-refractivity contribution is -0.112. The molecule has 0 saturated carbocycles. The zero-order valence-electron chi connectivity index (χ0n) is 18.0. The number of nitrogens with zero attached hydrogens (tertiary/aromatic N) is 2. The van der Waals surface area contributed by atoms with Crippen molar-refractivity contribution in [3.05, 3.63) is 94.6 Å². The van der Waals surface area contributed by atoms with E-state index >= 15 is 0 Å². The number of amides is 1. The fourth-order valence-corrected chi connectivity index (χ4v) is 4.36. The molecule has 5 rings (SSSR count). The van der Waals surface area contributed by atoms with Crippen molar-refractivity contribution in [2.45, 2.75) is 13.5 Å². The first kappa shape index (κ1) is 20.4. The van der Waals surface area contributed by atoms with E-state index in [-0.39, 0.29) is 5.91 Å². The van der Waals surface area contributed by atoms with E-state index in [0.717, 1.165) is 49.6 Å². The van der Waals surface area contributed by atoms with Gasteiger partial charge in [-0.05, 0) is 48.9 Å². The van der Waals surface area contributed by atoms with Gasteiger partial charge in [0.15, 0.2) is 0 Å². The van der Waals surface area contributed by atoms with Crippen molar-refractivity contribution in [1.82, 2.24) is 4.57 Å². The molecule has 0 fully saturated rings. The van der Waals surface area contributed by atoms with Gasteiger partial charge in [0.25, 0.3) is 5.91 Å². The first-order valence-electron chi connectivity index (χ1n) is 10.6. The molecule has 1 amide bonds. The Morgan fingerprint density at radius 3 is 2.66 bits per heavy atom. The number of para-hydroxylation sites is 2. The van der Waals surface area contributed by atoms with Crippen LogP contribution in [0.4, 0.5) is 5.69 Å². The minimum atomic E-state index is 0.0180. The molecule has 0 saturated heterocycles. The van der Waals surface area contributed by atoms with Crippen LogP contribution in [0.5, 0.6) is 5.75 Å². The second-order valence-electron chi connectivity index (χ2n) is 7.99. The molecule has 0 N–H and O–H groups in total. The van der Waals surface area contributed by atoms with E-state index in [1.165, 1.54) is 0 Å². The molecule has 4 nitrogen and oxygen atoms in total. The van der Waals surface area contributed by atoms with Crippen LogP contribution >= 0.6 is 11.6 Å². The number of fused-ring (bicyclic) bond motifs is 2. The first-order valence-corrected chi connectivity index (χ1v) is 11.0. The minimum Gasteiger partial charge on any atom is -0.492 e. The van der Waals surface area contributed by atoms with Crippen molar-refractivity contribution in [2.75, 3.05) is 18.6 Å². The number of carbonyl (C=O) groups is 1. The van der Waals surface area contributed by atoms with Gasteiger partial charge in [-0.3, -0.25) is 4.79 Å². The van der Waals surface area contributed by atoms with Gasteiger partial charge in [-0.25, -0.2) is 0 Å². The number of hydrogen-bond donors (Lipinski definition) is 0. The van der Waals surface area contributed by atoms with Gasteiger partial charge < -0.3 is 14.2 Å². The minimum absolute atomic E-state index is 0.0180. The van der Waals surface area contributed by atoms with Crippen LogP contribution in [0, 0.1) is 6.92 Å². The van der Waals surface area contributed by atoms with E-state index in [2.05, 4.69) is 22.9 Å². The van der Waals surface area contributed by atoms with E-state index in [0.29, 0.717) is 13.2 Å². The zero-order chi connectivity index (χ0) is 22.2. The summed E-state index contributed by atoms with van der Waals surface area (Å²) in [6.45, 7) is 3.18. The SMILES string of the molecule is Cc1cc(OCCn2cc(/C=C3/C(=O)N(C)c4ccccc43)c3ccccc32)ccc1Cl. The Labute approximate surface area is 192 Å². The van der Waals surface area contributed by atoms with Crippen LogP contribution in [0.3, 0.4) is 0 Å². The maximum absolute atomic E-state index is 12.9. The molecule has 160 valence electrons. The summed E-state index contributed by atoms with van der Waals surface area (Å²) in [5.41, 5.74) is 5.77. The topological polar surface area (TPSA) is 34.5 Å². The molecule has 0 bridgehead atoms. The predicted molar refractivity (Wildman–Crippen MR) is 131 cm³/mol. The molecule has 0 radical (unpaired) electrons. The summed E-state index contributed by atoms with van der Waals surface area (Å²) in [5, 5.41) is 1.85. The molecule has 2 heterocycles. The highest BCUT2D eigenvalue weighted by atomic mass is 35.5. The Morgan fingerprint density at radius 2 is 1.81 bits per heavy atom. The maximum atomic E-state index is 12.9. The molecule has 0 aliphatic carbocycles. The summed E-state index contributed by atoms with van der Waals surface area (Å²) in [6.07, 6.45) is 4.11. The van der Waals surface area contributed by atoms with Crippen LogP contribution in [0.15, 0.2) is 72.9 Å². The molecule has 0 spiro atoms. The van der Waals surface area contributed by atoms with Crippen LogP contribution in [-0.4, -0.2) is 24.1 Å². The number of halogens is 1. The van der Waals surface area contributed by atoms with Crippen molar-refractivity contribution in [3.63, 3.8) is 0 Å². The smallest absolute Gasteiger partial charge is 0.258 e. The quantitative estimate of drug-likeness (QED) is 0.345. The Bertz CT molecular complexity index is 1370. The highest BCUT2D eigenvalue weighted by Crippen LogP contribution is 2.37. The lowest BCUT2D eigenvalue weighted by Crippen LogP contribution is -2.20. The summed E-state index contributed by atoms with van der Waals surface area (Å²) in [4.78, 5) is 14.6. The monoisotopic (exact) mass is 442 g/mol. The third-order valence-electron chi connectivity index (χ3n) is 5.94. The van der Waals surface area contributed by atoms with Crippen LogP contribution in [0.25, 0.3) is 22.6 Å². The van der Waals surface area contributed by atoms with Gasteiger partial charge in [0.1, 0.15) is 12.4 Å². The summed E-state index contributed by atoms with van der Waals surface area (Å²) in [5.74, 6) is 0.825. The van der Waals surface area contributed by atoms with Crippen LogP contribution < -0.4 is 9.64 Å². The summed E-state index contributed by atoms with van der Waals surface area (Å²) in [7, 11) is 1.82. The Hall–Kier alpha value is -3.50. The Morgan fingerprint density at radius 1 is 1.03 bits per heavy atom. The van der Waals surface area contributed by atoms with Crippen molar-refractivity contribution in [1.29, 1.82) is 0 Å². The zero-order valence-corrected chi connectivity index (χ0v) is 18.8. The van der Waals surface area contributed by atoms with Crippen LogP contribution in [-0.2, 0) is 11.3 Å². The normalized spacial score (nSPS) is 14.4. The fourth-order valence-electron chi connectivity index (χ4n) is 4.24. The number of hydrogen-bond acceptors (Lipinski definition) is 2. The standard InChI is InChI=1S/C27H23ClN2O2/c1-18-15-20(11-12-24(18)28)32-14-13-30-17-19(21-7-3-6-10-26(21)30)16-23-22-8-4-5-9-25(22)29(2)27(23)31/h3-12,15-17H,13-14H2,1-2H3/b23-16+. The lowest BCUT2D eigenvalue weighted by atomic mass is 10.0. The molecular formula is C27H23ClN2O2. The molecule has 5 heteroatoms. The highest BCUT2D eigenvalue weighted by molar-refractivity contribution is 6.36. The highest BCUT2D eigenvalue weighted by Gasteiger charge is 2.29. The molecular weight excluding hydrogens is 420 g/mol. The van der Waals surface area contributed by atoms with E-state index in [4.69, 9.17) is 16.3 Å². The van der Waals surface area contributed by atoms with Gasteiger partial charge in [0, 0.05) is 45.9 Å². The summed E-state index contributed by atoms with van der Waals surface area (Å²) in [6, 6.07) is 21.9. The van der Waals surface area contributed by atoms with E-state index < -0.39 is 0 Å². The molecule has 0 unspecified atom stereocenters. The first-order chi connectivity index (χ1) is 15.5. The third-order valence-corrected chi connectivity index (χ3v) is 6.36. The molecule has 32 heavy (non-hydrogen) atoms.